The van der Waals surface area contributed by atoms with E-state index >= 15 is 0 Å². The Hall–Kier alpha value is -1.06. The Bertz CT molecular complexity index is 400. The van der Waals surface area contributed by atoms with Gasteiger partial charge in [-0.3, -0.25) is 0 Å². The summed E-state index contributed by atoms with van der Waals surface area (Å²) in [4.78, 5) is 0. The number of rotatable bonds is 8. The van der Waals surface area contributed by atoms with Gasteiger partial charge < -0.3 is 16.2 Å². The quantitative estimate of drug-likeness (QED) is 0.767. The van der Waals surface area contributed by atoms with Gasteiger partial charge in [-0.25, -0.2) is 0 Å². The Labute approximate surface area is 123 Å². The Balaban J connectivity index is 2.93. The third-order valence-electron chi connectivity index (χ3n) is 3.88. The van der Waals surface area contributed by atoms with Gasteiger partial charge in [0, 0.05) is 0 Å². The largest absolute Gasteiger partial charge is 0.494 e. The molecule has 0 saturated heterocycles. The molecule has 0 aliphatic rings. The molecule has 114 valence electrons. The van der Waals surface area contributed by atoms with Gasteiger partial charge >= 0.3 is 0 Å². The van der Waals surface area contributed by atoms with Crippen LogP contribution in [-0.4, -0.2) is 19.7 Å². The van der Waals surface area contributed by atoms with Crippen LogP contribution >= 0.6 is 0 Å². The molecular formula is C17H30N2O. The number of ether oxygens (including phenoxy) is 1. The first kappa shape index (κ1) is 17.0. The third-order valence-corrected chi connectivity index (χ3v) is 3.88. The van der Waals surface area contributed by atoms with Crippen LogP contribution in [0, 0.1) is 5.92 Å². The van der Waals surface area contributed by atoms with E-state index < -0.39 is 0 Å². The van der Waals surface area contributed by atoms with E-state index in [1.807, 2.05) is 6.92 Å². The number of nitrogens with two attached hydrogens (primary N) is 2. The minimum Gasteiger partial charge on any atom is -0.494 e. The molecule has 0 spiro atoms. The van der Waals surface area contributed by atoms with Gasteiger partial charge in [-0.05, 0) is 61.4 Å². The van der Waals surface area contributed by atoms with Crippen LogP contribution in [0.1, 0.15) is 57.1 Å². The SMILES string of the molecule is CCOc1ccc(C(C)CC(CN)CN)cc1C(C)C. The summed E-state index contributed by atoms with van der Waals surface area (Å²) in [7, 11) is 0. The first-order chi connectivity index (χ1) is 9.53. The number of hydrogen-bond donors (Lipinski definition) is 2. The molecule has 1 unspecified atom stereocenters. The van der Waals surface area contributed by atoms with Gasteiger partial charge in [-0.2, -0.15) is 0 Å². The lowest BCUT2D eigenvalue weighted by atomic mass is 9.88. The lowest BCUT2D eigenvalue weighted by Crippen LogP contribution is -2.24. The average Bonchev–Trinajstić information content (AvgIpc) is 2.44. The Morgan fingerprint density at radius 1 is 1.10 bits per heavy atom. The van der Waals surface area contributed by atoms with Crippen LogP contribution in [0.4, 0.5) is 0 Å². The first-order valence-corrected chi connectivity index (χ1v) is 7.70. The molecule has 0 amide bonds. The zero-order chi connectivity index (χ0) is 15.1. The van der Waals surface area contributed by atoms with E-state index in [0.29, 0.717) is 37.5 Å². The van der Waals surface area contributed by atoms with Crippen LogP contribution in [0.15, 0.2) is 18.2 Å². The van der Waals surface area contributed by atoms with Crippen molar-refractivity contribution in [1.82, 2.24) is 0 Å². The van der Waals surface area contributed by atoms with E-state index in [4.69, 9.17) is 16.2 Å². The lowest BCUT2D eigenvalue weighted by molar-refractivity contribution is 0.335. The van der Waals surface area contributed by atoms with Crippen LogP contribution in [-0.2, 0) is 0 Å². The Morgan fingerprint density at radius 3 is 2.25 bits per heavy atom. The van der Waals surface area contributed by atoms with Gasteiger partial charge in [0.1, 0.15) is 5.75 Å². The minimum atomic E-state index is 0.402. The molecule has 0 aromatic heterocycles. The highest BCUT2D eigenvalue weighted by molar-refractivity contribution is 5.40. The average molecular weight is 278 g/mol. The van der Waals surface area contributed by atoms with Gasteiger partial charge in [-0.15, -0.1) is 0 Å². The van der Waals surface area contributed by atoms with Crippen LogP contribution in [0.5, 0.6) is 5.75 Å². The van der Waals surface area contributed by atoms with Crippen molar-refractivity contribution >= 4 is 0 Å². The van der Waals surface area contributed by atoms with Crippen molar-refractivity contribution in [3.8, 4) is 5.75 Å². The molecule has 1 rings (SSSR count). The molecule has 1 aromatic rings. The maximum Gasteiger partial charge on any atom is 0.122 e. The van der Waals surface area contributed by atoms with E-state index in [9.17, 15) is 0 Å². The minimum absolute atomic E-state index is 0.402. The van der Waals surface area contributed by atoms with Gasteiger partial charge in [-0.1, -0.05) is 32.9 Å². The van der Waals surface area contributed by atoms with Gasteiger partial charge in [0.2, 0.25) is 0 Å². The van der Waals surface area contributed by atoms with E-state index in [0.717, 1.165) is 12.2 Å². The summed E-state index contributed by atoms with van der Waals surface area (Å²) in [6.07, 6.45) is 1.04. The summed E-state index contributed by atoms with van der Waals surface area (Å²) in [5, 5.41) is 0. The second-order valence-corrected chi connectivity index (χ2v) is 5.86. The molecule has 1 atom stereocenters. The fourth-order valence-electron chi connectivity index (χ4n) is 2.54. The number of benzene rings is 1. The highest BCUT2D eigenvalue weighted by atomic mass is 16.5. The van der Waals surface area contributed by atoms with E-state index in [1.165, 1.54) is 11.1 Å². The van der Waals surface area contributed by atoms with E-state index in [2.05, 4.69) is 39.0 Å². The second-order valence-electron chi connectivity index (χ2n) is 5.86. The van der Waals surface area contributed by atoms with Crippen molar-refractivity contribution in [3.63, 3.8) is 0 Å². The van der Waals surface area contributed by atoms with Crippen molar-refractivity contribution in [3.05, 3.63) is 29.3 Å². The van der Waals surface area contributed by atoms with Crippen LogP contribution in [0.2, 0.25) is 0 Å². The zero-order valence-corrected chi connectivity index (χ0v) is 13.4. The predicted molar refractivity (Wildman–Crippen MR) is 86.3 cm³/mol. The monoisotopic (exact) mass is 278 g/mol. The fraction of sp³-hybridized carbons (Fsp3) is 0.647. The molecule has 0 bridgehead atoms. The van der Waals surface area contributed by atoms with Crippen molar-refractivity contribution in [2.24, 2.45) is 17.4 Å². The summed E-state index contributed by atoms with van der Waals surface area (Å²) < 4.78 is 5.72. The second kappa shape index (κ2) is 8.28. The van der Waals surface area contributed by atoms with Crippen molar-refractivity contribution in [2.75, 3.05) is 19.7 Å². The summed E-state index contributed by atoms with van der Waals surface area (Å²) in [6.45, 7) is 10.7. The molecule has 1 aromatic carbocycles. The molecule has 0 saturated carbocycles. The highest BCUT2D eigenvalue weighted by Crippen LogP contribution is 2.32. The summed E-state index contributed by atoms with van der Waals surface area (Å²) in [5.74, 6) is 2.34. The number of hydrogen-bond acceptors (Lipinski definition) is 3. The van der Waals surface area contributed by atoms with Crippen LogP contribution in [0.3, 0.4) is 0 Å². The molecule has 0 fully saturated rings. The molecular weight excluding hydrogens is 248 g/mol. The van der Waals surface area contributed by atoms with Crippen molar-refractivity contribution in [1.29, 1.82) is 0 Å². The fourth-order valence-corrected chi connectivity index (χ4v) is 2.54. The van der Waals surface area contributed by atoms with Gasteiger partial charge in [0.15, 0.2) is 0 Å². The van der Waals surface area contributed by atoms with Crippen molar-refractivity contribution < 1.29 is 4.74 Å². The summed E-state index contributed by atoms with van der Waals surface area (Å²) >= 11 is 0. The molecule has 3 heteroatoms. The molecule has 0 aliphatic carbocycles. The molecule has 20 heavy (non-hydrogen) atoms. The van der Waals surface area contributed by atoms with E-state index in [1.54, 1.807) is 0 Å². The normalized spacial score (nSPS) is 13.0. The van der Waals surface area contributed by atoms with Gasteiger partial charge in [0.25, 0.3) is 0 Å². The van der Waals surface area contributed by atoms with Crippen molar-refractivity contribution in [2.45, 2.75) is 46.0 Å². The Kier molecular flexibility index (Phi) is 7.03. The maximum absolute atomic E-state index is 5.75. The zero-order valence-electron chi connectivity index (χ0n) is 13.4. The first-order valence-electron chi connectivity index (χ1n) is 7.70. The molecule has 4 N–H and O–H groups in total. The lowest BCUT2D eigenvalue weighted by Gasteiger charge is -2.21. The van der Waals surface area contributed by atoms with Gasteiger partial charge in [0.05, 0.1) is 6.61 Å². The topological polar surface area (TPSA) is 61.3 Å². The maximum atomic E-state index is 5.75. The summed E-state index contributed by atoms with van der Waals surface area (Å²) in [6, 6.07) is 6.56. The smallest absolute Gasteiger partial charge is 0.122 e. The van der Waals surface area contributed by atoms with Crippen LogP contribution < -0.4 is 16.2 Å². The summed E-state index contributed by atoms with van der Waals surface area (Å²) in [5.41, 5.74) is 14.1. The van der Waals surface area contributed by atoms with E-state index in [-0.39, 0.29) is 0 Å². The molecule has 0 heterocycles. The predicted octanol–water partition coefficient (Wildman–Crippen LogP) is 3.24. The van der Waals surface area contributed by atoms with Crippen LogP contribution in [0.25, 0.3) is 0 Å². The molecule has 0 aliphatic heterocycles. The standard InChI is InChI=1S/C17H30N2O/c1-5-20-17-7-6-15(9-16(17)12(2)3)13(4)8-14(10-18)11-19/h6-7,9,12-14H,5,8,10-11,18-19H2,1-4H3. The molecule has 0 radical (unpaired) electrons. The highest BCUT2D eigenvalue weighted by Gasteiger charge is 2.15. The molecule has 3 nitrogen and oxygen atoms in total. The third kappa shape index (κ3) is 4.50. The Morgan fingerprint density at radius 2 is 1.75 bits per heavy atom.